The lowest BCUT2D eigenvalue weighted by Crippen LogP contribution is -2.27. The Morgan fingerprint density at radius 2 is 1.53 bits per heavy atom. The second kappa shape index (κ2) is 8.18. The molecular formula is C24H17N3OS2. The van der Waals surface area contributed by atoms with Crippen LogP contribution < -0.4 is 4.90 Å². The standard InChI is InChI=1S/C24H17N3OS2/c28-23(27(18-8-3-1-4-9-18)19-10-5-2-6-11-19)15-20-14-17(16-29-20)21-12-7-13-22-24(21)26-30-25-22/h1-14,16H,15H2. The molecule has 0 fully saturated rings. The molecule has 0 N–H and O–H groups in total. The molecule has 0 unspecified atom stereocenters. The van der Waals surface area contributed by atoms with Gasteiger partial charge in [-0.2, -0.15) is 8.75 Å². The summed E-state index contributed by atoms with van der Waals surface area (Å²) >= 11 is 2.82. The molecule has 0 atom stereocenters. The van der Waals surface area contributed by atoms with Crippen LogP contribution in [0.5, 0.6) is 0 Å². The Hall–Kier alpha value is -3.35. The Labute approximate surface area is 182 Å². The van der Waals surface area contributed by atoms with Gasteiger partial charge in [-0.15, -0.1) is 11.3 Å². The van der Waals surface area contributed by atoms with Crippen LogP contribution >= 0.6 is 23.1 Å². The molecule has 0 bridgehead atoms. The van der Waals surface area contributed by atoms with Gasteiger partial charge in [0, 0.05) is 21.8 Å². The maximum Gasteiger partial charge on any atom is 0.236 e. The van der Waals surface area contributed by atoms with E-state index >= 15 is 0 Å². The third-order valence-electron chi connectivity index (χ3n) is 4.85. The maximum atomic E-state index is 13.3. The zero-order valence-electron chi connectivity index (χ0n) is 15.9. The van der Waals surface area contributed by atoms with Crippen LogP contribution in [0.25, 0.3) is 22.2 Å². The zero-order chi connectivity index (χ0) is 20.3. The van der Waals surface area contributed by atoms with Crippen molar-refractivity contribution in [3.63, 3.8) is 0 Å². The lowest BCUT2D eigenvalue weighted by atomic mass is 10.1. The van der Waals surface area contributed by atoms with E-state index in [4.69, 9.17) is 0 Å². The molecule has 2 heterocycles. The number of hydrogen-bond acceptors (Lipinski definition) is 5. The number of fused-ring (bicyclic) bond motifs is 1. The predicted octanol–water partition coefficient (Wildman–Crippen LogP) is 6.33. The molecule has 0 radical (unpaired) electrons. The van der Waals surface area contributed by atoms with Crippen molar-refractivity contribution in [1.29, 1.82) is 0 Å². The molecule has 4 nitrogen and oxygen atoms in total. The first-order valence-electron chi connectivity index (χ1n) is 9.52. The molecule has 30 heavy (non-hydrogen) atoms. The summed E-state index contributed by atoms with van der Waals surface area (Å²) in [5.41, 5.74) is 5.67. The average Bonchev–Trinajstić information content (AvgIpc) is 3.45. The summed E-state index contributed by atoms with van der Waals surface area (Å²) in [5.74, 6) is 0.0364. The molecule has 6 heteroatoms. The van der Waals surface area contributed by atoms with E-state index in [0.717, 1.165) is 38.4 Å². The summed E-state index contributed by atoms with van der Waals surface area (Å²) in [4.78, 5) is 16.1. The Morgan fingerprint density at radius 1 is 0.833 bits per heavy atom. The first kappa shape index (κ1) is 18.7. The highest BCUT2D eigenvalue weighted by Crippen LogP contribution is 2.32. The third kappa shape index (κ3) is 3.63. The van der Waals surface area contributed by atoms with Crippen LogP contribution in [0.2, 0.25) is 0 Å². The second-order valence-electron chi connectivity index (χ2n) is 6.82. The van der Waals surface area contributed by atoms with Crippen molar-refractivity contribution in [1.82, 2.24) is 8.75 Å². The molecule has 0 aliphatic carbocycles. The topological polar surface area (TPSA) is 46.1 Å². The number of thiophene rings is 1. The molecule has 0 aliphatic heterocycles. The van der Waals surface area contributed by atoms with Crippen LogP contribution in [0.3, 0.4) is 0 Å². The Morgan fingerprint density at radius 3 is 2.23 bits per heavy atom. The number of nitrogens with zero attached hydrogens (tertiary/aromatic N) is 3. The van der Waals surface area contributed by atoms with E-state index in [-0.39, 0.29) is 5.91 Å². The number of amides is 1. The molecular weight excluding hydrogens is 410 g/mol. The molecule has 0 spiro atoms. The van der Waals surface area contributed by atoms with E-state index < -0.39 is 0 Å². The quantitative estimate of drug-likeness (QED) is 0.329. The van der Waals surface area contributed by atoms with E-state index in [2.05, 4.69) is 26.3 Å². The smallest absolute Gasteiger partial charge is 0.236 e. The van der Waals surface area contributed by atoms with Gasteiger partial charge in [-0.25, -0.2) is 0 Å². The van der Waals surface area contributed by atoms with Crippen molar-refractivity contribution in [3.05, 3.63) is 95.2 Å². The largest absolute Gasteiger partial charge is 0.281 e. The van der Waals surface area contributed by atoms with Crippen molar-refractivity contribution in [3.8, 4) is 11.1 Å². The number of carbonyl (C=O) groups is 1. The predicted molar refractivity (Wildman–Crippen MR) is 124 cm³/mol. The van der Waals surface area contributed by atoms with Crippen LogP contribution in [0.1, 0.15) is 4.88 Å². The van der Waals surface area contributed by atoms with Crippen LogP contribution in [0.4, 0.5) is 11.4 Å². The first-order valence-corrected chi connectivity index (χ1v) is 11.1. The SMILES string of the molecule is O=C(Cc1cc(-c2cccc3nsnc23)cs1)N(c1ccccc1)c1ccccc1. The van der Waals surface area contributed by atoms with Gasteiger partial charge in [0.05, 0.1) is 18.1 Å². The van der Waals surface area contributed by atoms with Gasteiger partial charge in [0.25, 0.3) is 0 Å². The number of para-hydroxylation sites is 2. The normalized spacial score (nSPS) is 10.9. The zero-order valence-corrected chi connectivity index (χ0v) is 17.6. The van der Waals surface area contributed by atoms with Crippen LogP contribution in [-0.2, 0) is 11.2 Å². The third-order valence-corrected chi connectivity index (χ3v) is 6.33. The highest BCUT2D eigenvalue weighted by molar-refractivity contribution is 7.10. The molecule has 146 valence electrons. The van der Waals surface area contributed by atoms with Crippen molar-refractivity contribution in [2.75, 3.05) is 4.90 Å². The molecule has 1 amide bonds. The summed E-state index contributed by atoms with van der Waals surface area (Å²) in [5, 5.41) is 2.09. The van der Waals surface area contributed by atoms with E-state index in [1.807, 2.05) is 72.8 Å². The highest BCUT2D eigenvalue weighted by atomic mass is 32.1. The summed E-state index contributed by atoms with van der Waals surface area (Å²) in [7, 11) is 0. The van der Waals surface area contributed by atoms with Crippen molar-refractivity contribution >= 4 is 51.4 Å². The lowest BCUT2D eigenvalue weighted by Gasteiger charge is -2.22. The van der Waals surface area contributed by atoms with Crippen LogP contribution in [-0.4, -0.2) is 14.7 Å². The number of hydrogen-bond donors (Lipinski definition) is 0. The molecule has 2 aromatic heterocycles. The van der Waals surface area contributed by atoms with E-state index in [1.54, 1.807) is 16.2 Å². The van der Waals surface area contributed by atoms with Crippen LogP contribution in [0.15, 0.2) is 90.3 Å². The minimum Gasteiger partial charge on any atom is -0.281 e. The Balaban J connectivity index is 1.45. The number of rotatable bonds is 5. The van der Waals surface area contributed by atoms with Crippen molar-refractivity contribution < 1.29 is 4.79 Å². The van der Waals surface area contributed by atoms with Gasteiger partial charge in [0.2, 0.25) is 5.91 Å². The van der Waals surface area contributed by atoms with Crippen molar-refractivity contribution in [2.45, 2.75) is 6.42 Å². The van der Waals surface area contributed by atoms with E-state index in [9.17, 15) is 4.79 Å². The lowest BCUT2D eigenvalue weighted by molar-refractivity contribution is -0.117. The minimum atomic E-state index is 0.0364. The highest BCUT2D eigenvalue weighted by Gasteiger charge is 2.19. The van der Waals surface area contributed by atoms with Gasteiger partial charge < -0.3 is 0 Å². The second-order valence-corrected chi connectivity index (χ2v) is 8.34. The fourth-order valence-electron chi connectivity index (χ4n) is 3.47. The number of carbonyl (C=O) groups excluding carboxylic acids is 1. The van der Waals surface area contributed by atoms with Gasteiger partial charge in [-0.3, -0.25) is 9.69 Å². The molecule has 5 rings (SSSR count). The van der Waals surface area contributed by atoms with Gasteiger partial charge in [0.15, 0.2) is 0 Å². The fraction of sp³-hybridized carbons (Fsp3) is 0.0417. The van der Waals surface area contributed by atoms with E-state index in [1.165, 1.54) is 11.7 Å². The van der Waals surface area contributed by atoms with Gasteiger partial charge in [-0.1, -0.05) is 48.5 Å². The minimum absolute atomic E-state index is 0.0364. The van der Waals surface area contributed by atoms with Gasteiger partial charge in [-0.05, 0) is 47.3 Å². The number of aromatic nitrogens is 2. The van der Waals surface area contributed by atoms with Crippen molar-refractivity contribution in [2.24, 2.45) is 0 Å². The molecule has 0 saturated carbocycles. The molecule has 0 aliphatic rings. The average molecular weight is 428 g/mol. The molecule has 5 aromatic rings. The summed E-state index contributed by atoms with van der Waals surface area (Å²) in [6, 6.07) is 27.6. The van der Waals surface area contributed by atoms with Gasteiger partial charge in [0.1, 0.15) is 11.0 Å². The van der Waals surface area contributed by atoms with Crippen LogP contribution in [0, 0.1) is 0 Å². The summed E-state index contributed by atoms with van der Waals surface area (Å²) < 4.78 is 8.76. The molecule has 3 aromatic carbocycles. The Bertz CT molecular complexity index is 1260. The van der Waals surface area contributed by atoms with Gasteiger partial charge >= 0.3 is 0 Å². The monoisotopic (exact) mass is 427 g/mol. The first-order chi connectivity index (χ1) is 14.8. The molecule has 0 saturated heterocycles. The number of anilines is 2. The fourth-order valence-corrected chi connectivity index (χ4v) is 4.90. The maximum absolute atomic E-state index is 13.3. The summed E-state index contributed by atoms with van der Waals surface area (Å²) in [6.45, 7) is 0. The summed E-state index contributed by atoms with van der Waals surface area (Å²) in [6.07, 6.45) is 0.333. The van der Waals surface area contributed by atoms with E-state index in [0.29, 0.717) is 6.42 Å². The number of benzene rings is 3. The Kier molecular flexibility index (Phi) is 5.09.